The normalized spacial score (nSPS) is 12.1. The smallest absolute Gasteiger partial charge is 0.340 e. The number of aliphatic hydroxyl groups excluding tert-OH is 1. The molecule has 0 fully saturated rings. The van der Waals surface area contributed by atoms with Crippen LogP contribution in [0, 0.1) is 24.0 Å². The summed E-state index contributed by atoms with van der Waals surface area (Å²) in [5.74, 6) is -0.427. The Morgan fingerprint density at radius 1 is 1.21 bits per heavy atom. The first-order valence-electron chi connectivity index (χ1n) is 9.17. The second-order valence-electron chi connectivity index (χ2n) is 6.76. The molecular weight excluding hydrogens is 376 g/mol. The van der Waals surface area contributed by atoms with E-state index < -0.39 is 17.0 Å². The zero-order valence-corrected chi connectivity index (χ0v) is 16.4. The van der Waals surface area contributed by atoms with Crippen LogP contribution < -0.4 is 0 Å². The standard InChI is InChI=1S/C21H22N2O6/c1-4-29-21(26)20-13(3)22(16-9-10-17(24)12(2)19(16)20)11-18(25)14-5-7-15(8-6-14)23(27)28/h5-10,18,24-25H,4,11H2,1-3H3/t18-/m1/s1. The van der Waals surface area contributed by atoms with Crippen molar-refractivity contribution in [2.75, 3.05) is 6.61 Å². The Morgan fingerprint density at radius 3 is 2.45 bits per heavy atom. The first-order valence-corrected chi connectivity index (χ1v) is 9.17. The number of non-ortho nitro benzene ring substituents is 1. The van der Waals surface area contributed by atoms with E-state index in [1.807, 2.05) is 0 Å². The summed E-state index contributed by atoms with van der Waals surface area (Å²) in [4.78, 5) is 22.9. The van der Waals surface area contributed by atoms with E-state index in [1.54, 1.807) is 37.5 Å². The van der Waals surface area contributed by atoms with Crippen molar-refractivity contribution in [3.8, 4) is 5.75 Å². The number of benzene rings is 2. The number of carbonyl (C=O) groups is 1. The van der Waals surface area contributed by atoms with Crippen LogP contribution in [-0.2, 0) is 11.3 Å². The van der Waals surface area contributed by atoms with Crippen molar-refractivity contribution in [3.63, 3.8) is 0 Å². The predicted octanol–water partition coefficient (Wildman–Crippen LogP) is 3.78. The van der Waals surface area contributed by atoms with E-state index in [1.165, 1.54) is 24.3 Å². The molecule has 3 aromatic rings. The quantitative estimate of drug-likeness (QED) is 0.371. The number of hydrogen-bond acceptors (Lipinski definition) is 6. The summed E-state index contributed by atoms with van der Waals surface area (Å²) in [7, 11) is 0. The fourth-order valence-electron chi connectivity index (χ4n) is 3.51. The molecule has 1 aromatic heterocycles. The third kappa shape index (κ3) is 3.66. The first-order chi connectivity index (χ1) is 13.8. The zero-order chi connectivity index (χ0) is 21.3. The van der Waals surface area contributed by atoms with E-state index in [-0.39, 0.29) is 24.6 Å². The van der Waals surface area contributed by atoms with E-state index in [2.05, 4.69) is 0 Å². The van der Waals surface area contributed by atoms with Gasteiger partial charge in [-0.1, -0.05) is 0 Å². The molecule has 2 aromatic carbocycles. The van der Waals surface area contributed by atoms with Crippen LogP contribution in [-0.4, -0.2) is 32.3 Å². The minimum Gasteiger partial charge on any atom is -0.508 e. The van der Waals surface area contributed by atoms with Crippen LogP contribution in [0.15, 0.2) is 36.4 Å². The van der Waals surface area contributed by atoms with Gasteiger partial charge in [0.05, 0.1) is 29.7 Å². The second-order valence-corrected chi connectivity index (χ2v) is 6.76. The van der Waals surface area contributed by atoms with E-state index in [0.717, 1.165) is 0 Å². The van der Waals surface area contributed by atoms with Crippen LogP contribution in [0.1, 0.15) is 40.2 Å². The highest BCUT2D eigenvalue weighted by molar-refractivity contribution is 6.07. The van der Waals surface area contributed by atoms with Crippen LogP contribution in [0.2, 0.25) is 0 Å². The largest absolute Gasteiger partial charge is 0.508 e. The molecule has 29 heavy (non-hydrogen) atoms. The average Bonchev–Trinajstić information content (AvgIpc) is 2.97. The number of aryl methyl sites for hydroxylation is 1. The third-order valence-electron chi connectivity index (χ3n) is 5.05. The Bertz CT molecular complexity index is 1080. The highest BCUT2D eigenvalue weighted by Gasteiger charge is 2.25. The van der Waals surface area contributed by atoms with Crippen molar-refractivity contribution in [1.82, 2.24) is 4.57 Å². The minimum absolute atomic E-state index is 0.0563. The van der Waals surface area contributed by atoms with Gasteiger partial charge < -0.3 is 19.5 Å². The predicted molar refractivity (Wildman–Crippen MR) is 107 cm³/mol. The second kappa shape index (κ2) is 7.92. The van der Waals surface area contributed by atoms with Crippen molar-refractivity contribution >= 4 is 22.6 Å². The monoisotopic (exact) mass is 398 g/mol. The van der Waals surface area contributed by atoms with E-state index in [9.17, 15) is 25.1 Å². The topological polar surface area (TPSA) is 115 Å². The number of nitro benzene ring substituents is 1. The van der Waals surface area contributed by atoms with Gasteiger partial charge in [0.25, 0.3) is 5.69 Å². The lowest BCUT2D eigenvalue weighted by Crippen LogP contribution is -2.12. The molecule has 1 heterocycles. The SMILES string of the molecule is CCOC(=O)c1c(C)n(C[C@@H](O)c2ccc([N+](=O)[O-])cc2)c2ccc(O)c(C)c12. The van der Waals surface area contributed by atoms with Gasteiger partial charge in [-0.05, 0) is 50.6 Å². The van der Waals surface area contributed by atoms with Crippen LogP contribution in [0.3, 0.4) is 0 Å². The van der Waals surface area contributed by atoms with Gasteiger partial charge in [-0.3, -0.25) is 10.1 Å². The van der Waals surface area contributed by atoms with Crippen molar-refractivity contribution in [2.24, 2.45) is 0 Å². The van der Waals surface area contributed by atoms with Gasteiger partial charge in [-0.15, -0.1) is 0 Å². The van der Waals surface area contributed by atoms with Crippen LogP contribution >= 0.6 is 0 Å². The lowest BCUT2D eigenvalue weighted by atomic mass is 10.1. The number of aromatic nitrogens is 1. The van der Waals surface area contributed by atoms with Crippen molar-refractivity contribution in [1.29, 1.82) is 0 Å². The highest BCUT2D eigenvalue weighted by atomic mass is 16.6. The number of nitrogens with zero attached hydrogens (tertiary/aromatic N) is 2. The molecule has 8 heteroatoms. The lowest BCUT2D eigenvalue weighted by Gasteiger charge is -2.15. The van der Waals surface area contributed by atoms with Gasteiger partial charge in [0.15, 0.2) is 0 Å². The third-order valence-corrected chi connectivity index (χ3v) is 5.05. The molecule has 0 aliphatic carbocycles. The molecule has 8 nitrogen and oxygen atoms in total. The number of hydrogen-bond donors (Lipinski definition) is 2. The number of fused-ring (bicyclic) bond motifs is 1. The summed E-state index contributed by atoms with van der Waals surface area (Å²) in [6, 6.07) is 8.92. The molecule has 1 atom stereocenters. The van der Waals surface area contributed by atoms with Gasteiger partial charge in [0.1, 0.15) is 5.75 Å². The number of aromatic hydroxyl groups is 1. The Balaban J connectivity index is 2.07. The molecule has 0 amide bonds. The average molecular weight is 398 g/mol. The molecule has 0 saturated heterocycles. The zero-order valence-electron chi connectivity index (χ0n) is 16.4. The summed E-state index contributed by atoms with van der Waals surface area (Å²) in [6.07, 6.45) is -0.950. The number of phenols is 1. The summed E-state index contributed by atoms with van der Waals surface area (Å²) in [5, 5.41) is 32.2. The van der Waals surface area contributed by atoms with Crippen molar-refractivity contribution in [3.05, 3.63) is 68.9 Å². The number of rotatable bonds is 6. The maximum Gasteiger partial charge on any atom is 0.340 e. The van der Waals surface area contributed by atoms with Gasteiger partial charge in [0.2, 0.25) is 0 Å². The van der Waals surface area contributed by atoms with Gasteiger partial charge >= 0.3 is 5.97 Å². The first kappa shape index (κ1) is 20.3. The maximum atomic E-state index is 12.6. The molecule has 3 rings (SSSR count). The van der Waals surface area contributed by atoms with Crippen molar-refractivity contribution in [2.45, 2.75) is 33.4 Å². The number of phenolic OH excluding ortho intramolecular Hbond substituents is 1. The number of carbonyl (C=O) groups excluding carboxylic acids is 1. The molecule has 0 unspecified atom stereocenters. The van der Waals surface area contributed by atoms with Crippen LogP contribution in [0.4, 0.5) is 5.69 Å². The highest BCUT2D eigenvalue weighted by Crippen LogP contribution is 2.35. The molecule has 2 N–H and O–H groups in total. The van der Waals surface area contributed by atoms with Gasteiger partial charge in [0, 0.05) is 34.3 Å². The molecule has 0 aliphatic rings. The molecule has 0 radical (unpaired) electrons. The number of aliphatic hydroxyl groups is 1. The maximum absolute atomic E-state index is 12.6. The van der Waals surface area contributed by atoms with Crippen molar-refractivity contribution < 1.29 is 24.7 Å². The minimum atomic E-state index is -0.950. The van der Waals surface area contributed by atoms with E-state index >= 15 is 0 Å². The number of esters is 1. The molecule has 0 aliphatic heterocycles. The summed E-state index contributed by atoms with van der Waals surface area (Å²) in [6.45, 7) is 5.54. The van der Waals surface area contributed by atoms with Crippen LogP contribution in [0.5, 0.6) is 5.75 Å². The molecular formula is C21H22N2O6. The van der Waals surface area contributed by atoms with Gasteiger partial charge in [-0.25, -0.2) is 4.79 Å². The van der Waals surface area contributed by atoms with E-state index in [4.69, 9.17) is 4.74 Å². The molecule has 0 saturated carbocycles. The fraction of sp³-hybridized carbons (Fsp3) is 0.286. The summed E-state index contributed by atoms with van der Waals surface area (Å²) < 4.78 is 6.98. The number of ether oxygens (including phenoxy) is 1. The lowest BCUT2D eigenvalue weighted by molar-refractivity contribution is -0.384. The number of nitro groups is 1. The van der Waals surface area contributed by atoms with Crippen LogP contribution in [0.25, 0.3) is 10.9 Å². The van der Waals surface area contributed by atoms with E-state index in [0.29, 0.717) is 33.3 Å². The summed E-state index contributed by atoms with van der Waals surface area (Å²) >= 11 is 0. The Hall–Kier alpha value is -3.39. The Labute approximate surface area is 167 Å². The Kier molecular flexibility index (Phi) is 5.56. The Morgan fingerprint density at radius 2 is 1.86 bits per heavy atom. The molecule has 152 valence electrons. The van der Waals surface area contributed by atoms with Gasteiger partial charge in [-0.2, -0.15) is 0 Å². The molecule has 0 spiro atoms. The molecule has 0 bridgehead atoms. The summed E-state index contributed by atoms with van der Waals surface area (Å²) in [5.41, 5.74) is 2.66. The fourth-order valence-corrected chi connectivity index (χ4v) is 3.51.